The summed E-state index contributed by atoms with van der Waals surface area (Å²) in [7, 11) is 1.44. The van der Waals surface area contributed by atoms with E-state index in [0.29, 0.717) is 18.8 Å². The number of nitro benzene ring substituents is 1. The lowest BCUT2D eigenvalue weighted by Crippen LogP contribution is -2.43. The SMILES string of the molecule is COCCN(C(=O)c1ccc(N2CCCC2)c([N+](=O)[O-])c1)c1c(N)n(CC(C)C)c(=O)[nH]c1=O. The monoisotopic (exact) mass is 474 g/mol. The molecule has 2 aromatic rings. The first-order valence-corrected chi connectivity index (χ1v) is 11.1. The number of carbonyl (C=O) groups is 1. The van der Waals surface area contributed by atoms with Crippen molar-refractivity contribution in [2.24, 2.45) is 5.92 Å². The molecule has 1 aliphatic rings. The molecule has 1 aliphatic heterocycles. The highest BCUT2D eigenvalue weighted by Gasteiger charge is 2.29. The van der Waals surface area contributed by atoms with Gasteiger partial charge in [0.2, 0.25) is 0 Å². The molecule has 1 amide bonds. The standard InChI is InChI=1S/C22H30N6O6/c1-14(2)13-27-19(23)18(20(29)24-22(27)31)26(10-11-34-3)21(30)15-6-7-16(17(12-15)28(32)33)25-8-4-5-9-25/h6-7,12,14H,4-5,8-11,13,23H2,1-3H3,(H,24,29,31). The van der Waals surface area contributed by atoms with Crippen LogP contribution < -0.4 is 26.8 Å². The van der Waals surface area contributed by atoms with Crippen molar-refractivity contribution >= 4 is 28.8 Å². The van der Waals surface area contributed by atoms with Crippen LogP contribution in [0.5, 0.6) is 0 Å². The molecule has 184 valence electrons. The quantitative estimate of drug-likeness (QED) is 0.410. The molecule has 1 fully saturated rings. The Morgan fingerprint density at radius 2 is 1.97 bits per heavy atom. The number of nitrogens with two attached hydrogens (primary N) is 1. The van der Waals surface area contributed by atoms with Gasteiger partial charge in [-0.05, 0) is 30.9 Å². The number of anilines is 3. The third-order valence-corrected chi connectivity index (χ3v) is 5.66. The fourth-order valence-corrected chi connectivity index (χ4v) is 4.07. The van der Waals surface area contributed by atoms with Crippen LogP contribution in [-0.2, 0) is 11.3 Å². The number of H-pyrrole nitrogens is 1. The minimum absolute atomic E-state index is 0.0196. The van der Waals surface area contributed by atoms with E-state index in [-0.39, 0.29) is 48.4 Å². The largest absolute Gasteiger partial charge is 0.383 e. The van der Waals surface area contributed by atoms with Gasteiger partial charge in [0, 0.05) is 44.9 Å². The number of hydrogen-bond acceptors (Lipinski definition) is 8. The molecule has 12 heteroatoms. The van der Waals surface area contributed by atoms with E-state index in [1.807, 2.05) is 18.7 Å². The summed E-state index contributed by atoms with van der Waals surface area (Å²) in [5.41, 5.74) is 4.78. The van der Waals surface area contributed by atoms with Gasteiger partial charge in [-0.1, -0.05) is 13.8 Å². The number of nitro groups is 1. The summed E-state index contributed by atoms with van der Waals surface area (Å²) in [6.07, 6.45) is 1.88. The minimum atomic E-state index is -0.824. The number of ether oxygens (including phenoxy) is 1. The van der Waals surface area contributed by atoms with Crippen molar-refractivity contribution in [2.45, 2.75) is 33.2 Å². The molecule has 1 saturated heterocycles. The molecule has 12 nitrogen and oxygen atoms in total. The Kier molecular flexibility index (Phi) is 7.72. The maximum Gasteiger partial charge on any atom is 0.330 e. The van der Waals surface area contributed by atoms with E-state index in [9.17, 15) is 24.5 Å². The third-order valence-electron chi connectivity index (χ3n) is 5.66. The van der Waals surface area contributed by atoms with Gasteiger partial charge in [0.1, 0.15) is 11.5 Å². The lowest BCUT2D eigenvalue weighted by atomic mass is 10.1. The summed E-state index contributed by atoms with van der Waals surface area (Å²) < 4.78 is 6.30. The Balaban J connectivity index is 2.10. The van der Waals surface area contributed by atoms with Gasteiger partial charge in [0.25, 0.3) is 17.2 Å². The van der Waals surface area contributed by atoms with Gasteiger partial charge in [-0.25, -0.2) is 4.79 Å². The van der Waals surface area contributed by atoms with Gasteiger partial charge in [-0.2, -0.15) is 0 Å². The second kappa shape index (κ2) is 10.5. The van der Waals surface area contributed by atoms with Crippen LogP contribution in [0.3, 0.4) is 0 Å². The Labute approximate surface area is 196 Å². The van der Waals surface area contributed by atoms with E-state index in [1.165, 1.54) is 23.8 Å². The second-order valence-corrected chi connectivity index (χ2v) is 8.60. The molecule has 1 aromatic carbocycles. The first kappa shape index (κ1) is 25.0. The molecule has 0 radical (unpaired) electrons. The van der Waals surface area contributed by atoms with Crippen LogP contribution in [-0.4, -0.2) is 53.7 Å². The maximum absolute atomic E-state index is 13.5. The zero-order chi connectivity index (χ0) is 25.0. The summed E-state index contributed by atoms with van der Waals surface area (Å²) in [4.78, 5) is 55.1. The Bertz CT molecular complexity index is 1180. The third kappa shape index (κ3) is 5.11. The number of rotatable bonds is 9. The van der Waals surface area contributed by atoms with Crippen molar-refractivity contribution in [3.8, 4) is 0 Å². The molecule has 1 aromatic heterocycles. The van der Waals surface area contributed by atoms with E-state index < -0.39 is 22.1 Å². The Morgan fingerprint density at radius 1 is 1.29 bits per heavy atom. The fourth-order valence-electron chi connectivity index (χ4n) is 4.07. The molecule has 34 heavy (non-hydrogen) atoms. The first-order chi connectivity index (χ1) is 16.1. The molecule has 0 atom stereocenters. The summed E-state index contributed by atoms with van der Waals surface area (Å²) in [6, 6.07) is 4.26. The highest BCUT2D eigenvalue weighted by atomic mass is 16.6. The van der Waals surface area contributed by atoms with Crippen LogP contribution in [0.25, 0.3) is 0 Å². The van der Waals surface area contributed by atoms with E-state index in [2.05, 4.69) is 4.98 Å². The molecule has 3 N–H and O–H groups in total. The van der Waals surface area contributed by atoms with E-state index in [0.717, 1.165) is 17.7 Å². The smallest absolute Gasteiger partial charge is 0.330 e. The Hall–Kier alpha value is -3.67. The number of hydrogen-bond donors (Lipinski definition) is 2. The number of nitrogens with one attached hydrogen (secondary N) is 1. The van der Waals surface area contributed by atoms with E-state index >= 15 is 0 Å². The van der Waals surface area contributed by atoms with Crippen LogP contribution in [0.1, 0.15) is 37.0 Å². The number of methoxy groups -OCH3 is 1. The van der Waals surface area contributed by atoms with Crippen molar-refractivity contribution in [3.63, 3.8) is 0 Å². The predicted octanol–water partition coefficient (Wildman–Crippen LogP) is 1.58. The number of carbonyl (C=O) groups excluding carboxylic acids is 1. The molecular weight excluding hydrogens is 444 g/mol. The summed E-state index contributed by atoms with van der Waals surface area (Å²) in [6.45, 7) is 5.43. The molecule has 0 aliphatic carbocycles. The molecule has 0 saturated carbocycles. The molecule has 2 heterocycles. The fraction of sp³-hybridized carbons (Fsp3) is 0.500. The average Bonchev–Trinajstić information content (AvgIpc) is 3.32. The first-order valence-electron chi connectivity index (χ1n) is 11.1. The van der Waals surface area contributed by atoms with Gasteiger partial charge >= 0.3 is 5.69 Å². The summed E-state index contributed by atoms with van der Waals surface area (Å²) in [5, 5.41) is 11.8. The van der Waals surface area contributed by atoms with Gasteiger partial charge < -0.3 is 15.4 Å². The van der Waals surface area contributed by atoms with Crippen molar-refractivity contribution in [1.29, 1.82) is 0 Å². The van der Waals surface area contributed by atoms with Crippen molar-refractivity contribution in [3.05, 3.63) is 54.7 Å². The molecule has 0 unspecified atom stereocenters. The van der Waals surface area contributed by atoms with Crippen LogP contribution in [0.4, 0.5) is 22.9 Å². The lowest BCUT2D eigenvalue weighted by Gasteiger charge is -2.25. The number of nitrogens with zero attached hydrogens (tertiary/aromatic N) is 4. The van der Waals surface area contributed by atoms with E-state index in [4.69, 9.17) is 10.5 Å². The molecule has 0 spiro atoms. The summed E-state index contributed by atoms with van der Waals surface area (Å²) in [5.74, 6) is -0.780. The highest BCUT2D eigenvalue weighted by Crippen LogP contribution is 2.32. The number of aromatic nitrogens is 2. The van der Waals surface area contributed by atoms with E-state index in [1.54, 1.807) is 6.07 Å². The van der Waals surface area contributed by atoms with Crippen molar-refractivity contribution < 1.29 is 14.5 Å². The van der Waals surface area contributed by atoms with Crippen LogP contribution in [0, 0.1) is 16.0 Å². The van der Waals surface area contributed by atoms with Gasteiger partial charge in [-0.15, -0.1) is 0 Å². The zero-order valence-corrected chi connectivity index (χ0v) is 19.6. The lowest BCUT2D eigenvalue weighted by molar-refractivity contribution is -0.384. The number of nitrogen functional groups attached to an aromatic ring is 1. The maximum atomic E-state index is 13.5. The summed E-state index contributed by atoms with van der Waals surface area (Å²) >= 11 is 0. The number of benzene rings is 1. The van der Waals surface area contributed by atoms with Crippen LogP contribution >= 0.6 is 0 Å². The zero-order valence-electron chi connectivity index (χ0n) is 19.6. The van der Waals surface area contributed by atoms with Crippen LogP contribution in [0.2, 0.25) is 0 Å². The Morgan fingerprint density at radius 3 is 2.56 bits per heavy atom. The molecule has 3 rings (SSSR count). The average molecular weight is 475 g/mol. The van der Waals surface area contributed by atoms with Gasteiger partial charge in [0.05, 0.1) is 11.5 Å². The minimum Gasteiger partial charge on any atom is -0.383 e. The van der Waals surface area contributed by atoms with Crippen molar-refractivity contribution in [1.82, 2.24) is 9.55 Å². The molecule has 0 bridgehead atoms. The predicted molar refractivity (Wildman–Crippen MR) is 129 cm³/mol. The highest BCUT2D eigenvalue weighted by molar-refractivity contribution is 6.08. The van der Waals surface area contributed by atoms with Gasteiger partial charge in [-0.3, -0.25) is 34.2 Å². The normalized spacial score (nSPS) is 13.5. The molecular formula is C22H30N6O6. The number of amides is 1. The van der Waals surface area contributed by atoms with Crippen LogP contribution in [0.15, 0.2) is 27.8 Å². The second-order valence-electron chi connectivity index (χ2n) is 8.60. The van der Waals surface area contributed by atoms with Gasteiger partial charge in [0.15, 0.2) is 5.69 Å². The topological polar surface area (TPSA) is 157 Å². The van der Waals surface area contributed by atoms with Crippen molar-refractivity contribution in [2.75, 3.05) is 48.9 Å². The number of aromatic amines is 1.